The number of ketones is 1. The highest BCUT2D eigenvalue weighted by atomic mass is 16.7. The fourth-order valence-corrected chi connectivity index (χ4v) is 2.91. The van der Waals surface area contributed by atoms with Crippen LogP contribution in [0.5, 0.6) is 23.0 Å². The fourth-order valence-electron chi connectivity index (χ4n) is 2.91. The first-order valence-electron chi connectivity index (χ1n) is 7.37. The lowest BCUT2D eigenvalue weighted by Crippen LogP contribution is -2.41. The van der Waals surface area contributed by atoms with Crippen LogP contribution in [0.15, 0.2) is 36.4 Å². The molecule has 0 aliphatic carbocycles. The highest BCUT2D eigenvalue weighted by Crippen LogP contribution is 2.51. The third kappa shape index (κ3) is 2.35. The van der Waals surface area contributed by atoms with Gasteiger partial charge in [-0.15, -0.1) is 0 Å². The lowest BCUT2D eigenvalue weighted by Gasteiger charge is -2.37. The van der Waals surface area contributed by atoms with E-state index in [1.807, 2.05) is 30.3 Å². The smallest absolute Gasteiger partial charge is 0.244 e. The van der Waals surface area contributed by atoms with Crippen molar-refractivity contribution in [2.45, 2.75) is 12.2 Å². The van der Waals surface area contributed by atoms with Crippen LogP contribution in [-0.2, 0) is 10.5 Å². The minimum absolute atomic E-state index is 0.0230. The molecule has 6 nitrogen and oxygen atoms in total. The van der Waals surface area contributed by atoms with Crippen molar-refractivity contribution in [2.24, 2.45) is 0 Å². The van der Waals surface area contributed by atoms with E-state index in [2.05, 4.69) is 0 Å². The predicted molar refractivity (Wildman–Crippen MR) is 85.9 cm³/mol. The number of fused-ring (bicyclic) bond motifs is 1. The molecule has 0 aromatic heterocycles. The highest BCUT2D eigenvalue weighted by molar-refractivity contribution is 6.04. The van der Waals surface area contributed by atoms with Gasteiger partial charge in [-0.3, -0.25) is 4.79 Å². The number of hydrogen-bond donors (Lipinski definition) is 1. The second-order valence-corrected chi connectivity index (χ2v) is 5.36. The number of rotatable bonds is 4. The van der Waals surface area contributed by atoms with Gasteiger partial charge in [0, 0.05) is 18.7 Å². The summed E-state index contributed by atoms with van der Waals surface area (Å²) in [6.07, 6.45) is -0.0230. The van der Waals surface area contributed by atoms with Crippen LogP contribution in [0.2, 0.25) is 0 Å². The molecule has 0 saturated carbocycles. The number of benzene rings is 2. The molecule has 0 fully saturated rings. The second kappa shape index (κ2) is 6.05. The van der Waals surface area contributed by atoms with Crippen LogP contribution >= 0.6 is 0 Å². The summed E-state index contributed by atoms with van der Waals surface area (Å²) in [5.74, 6) is -1.30. The van der Waals surface area contributed by atoms with Crippen molar-refractivity contribution in [3.63, 3.8) is 0 Å². The quantitative estimate of drug-likeness (QED) is 0.929. The first-order chi connectivity index (χ1) is 11.6. The van der Waals surface area contributed by atoms with E-state index in [0.717, 1.165) is 0 Å². The van der Waals surface area contributed by atoms with Crippen molar-refractivity contribution in [3.05, 3.63) is 47.5 Å². The lowest BCUT2D eigenvalue weighted by atomic mass is 9.92. The van der Waals surface area contributed by atoms with E-state index < -0.39 is 5.79 Å². The third-order valence-corrected chi connectivity index (χ3v) is 4.09. The van der Waals surface area contributed by atoms with Gasteiger partial charge in [0.25, 0.3) is 0 Å². The minimum Gasteiger partial charge on any atom is -0.504 e. The molecular weight excluding hydrogens is 312 g/mol. The number of carbonyl (C=O) groups is 1. The van der Waals surface area contributed by atoms with Gasteiger partial charge in [-0.05, 0) is 0 Å². The Kier molecular flexibility index (Phi) is 4.07. The molecule has 0 amide bonds. The maximum atomic E-state index is 12.8. The molecule has 0 bridgehead atoms. The van der Waals surface area contributed by atoms with Crippen molar-refractivity contribution in [1.82, 2.24) is 0 Å². The molecule has 1 aliphatic heterocycles. The molecule has 24 heavy (non-hydrogen) atoms. The van der Waals surface area contributed by atoms with Gasteiger partial charge in [-0.2, -0.15) is 0 Å². The number of carbonyl (C=O) groups excluding carboxylic acids is 1. The van der Waals surface area contributed by atoms with E-state index in [0.29, 0.717) is 5.56 Å². The summed E-state index contributed by atoms with van der Waals surface area (Å²) in [7, 11) is 4.28. The molecule has 1 aliphatic rings. The molecular formula is C18H18O6. The molecule has 2 aromatic carbocycles. The standard InChI is InChI=1S/C18H18O6/c1-21-14-9-12(19)16(22-2)17-15(14)13(20)10-18(23-3,24-17)11-7-5-4-6-8-11/h4-9,19H,10H2,1-3H3/t18-/m0/s1. The van der Waals surface area contributed by atoms with Gasteiger partial charge in [0.1, 0.15) is 11.3 Å². The zero-order chi connectivity index (χ0) is 17.3. The summed E-state index contributed by atoms with van der Waals surface area (Å²) in [5, 5.41) is 10.1. The van der Waals surface area contributed by atoms with Crippen molar-refractivity contribution in [3.8, 4) is 23.0 Å². The molecule has 2 aromatic rings. The Morgan fingerprint density at radius 2 is 1.83 bits per heavy atom. The molecule has 0 saturated heterocycles. The molecule has 0 radical (unpaired) electrons. The number of Topliss-reactive ketones (excluding diaryl/α,β-unsaturated/α-hetero) is 1. The first kappa shape index (κ1) is 16.1. The van der Waals surface area contributed by atoms with Crippen LogP contribution in [0.3, 0.4) is 0 Å². The van der Waals surface area contributed by atoms with Gasteiger partial charge >= 0.3 is 0 Å². The van der Waals surface area contributed by atoms with Crippen LogP contribution in [0, 0.1) is 0 Å². The maximum Gasteiger partial charge on any atom is 0.244 e. The molecule has 1 atom stereocenters. The Morgan fingerprint density at radius 1 is 1.12 bits per heavy atom. The van der Waals surface area contributed by atoms with Gasteiger partial charge in [0.2, 0.25) is 11.5 Å². The number of aromatic hydroxyl groups is 1. The van der Waals surface area contributed by atoms with E-state index in [1.165, 1.54) is 27.4 Å². The normalized spacial score (nSPS) is 19.4. The first-order valence-corrected chi connectivity index (χ1v) is 7.37. The summed E-state index contributed by atoms with van der Waals surface area (Å²) in [6.45, 7) is 0. The lowest BCUT2D eigenvalue weighted by molar-refractivity contribution is -0.174. The maximum absolute atomic E-state index is 12.8. The number of phenols is 1. The van der Waals surface area contributed by atoms with Crippen LogP contribution in [0.25, 0.3) is 0 Å². The fraction of sp³-hybridized carbons (Fsp3) is 0.278. The Labute approximate surface area is 139 Å². The Hall–Kier alpha value is -2.73. The molecule has 3 rings (SSSR count). The van der Waals surface area contributed by atoms with E-state index in [9.17, 15) is 9.90 Å². The molecule has 126 valence electrons. The summed E-state index contributed by atoms with van der Waals surface area (Å²) in [5.41, 5.74) is 0.923. The minimum atomic E-state index is -1.29. The van der Waals surface area contributed by atoms with Gasteiger partial charge in [0.05, 0.1) is 20.6 Å². The van der Waals surface area contributed by atoms with E-state index in [1.54, 1.807) is 0 Å². The Bertz CT molecular complexity index is 771. The van der Waals surface area contributed by atoms with Crippen LogP contribution in [-0.4, -0.2) is 32.2 Å². The van der Waals surface area contributed by atoms with Crippen molar-refractivity contribution >= 4 is 5.78 Å². The SMILES string of the molecule is COc1cc(O)c(OC)c2c1C(=O)C[C@@](OC)(c1ccccc1)O2. The van der Waals surface area contributed by atoms with Crippen molar-refractivity contribution in [2.75, 3.05) is 21.3 Å². The van der Waals surface area contributed by atoms with Crippen molar-refractivity contribution in [1.29, 1.82) is 0 Å². The molecule has 1 heterocycles. The zero-order valence-corrected chi connectivity index (χ0v) is 13.7. The number of phenolic OH excluding ortho intramolecular Hbond substituents is 1. The van der Waals surface area contributed by atoms with E-state index >= 15 is 0 Å². The van der Waals surface area contributed by atoms with E-state index in [4.69, 9.17) is 18.9 Å². The number of methoxy groups -OCH3 is 3. The second-order valence-electron chi connectivity index (χ2n) is 5.36. The summed E-state index contributed by atoms with van der Waals surface area (Å²) in [6, 6.07) is 10.5. The van der Waals surface area contributed by atoms with Gasteiger partial charge in [0.15, 0.2) is 17.3 Å². The molecule has 6 heteroatoms. The summed E-state index contributed by atoms with van der Waals surface area (Å²) < 4.78 is 22.1. The van der Waals surface area contributed by atoms with Gasteiger partial charge in [-0.25, -0.2) is 0 Å². The Morgan fingerprint density at radius 3 is 2.42 bits per heavy atom. The molecule has 0 spiro atoms. The summed E-state index contributed by atoms with van der Waals surface area (Å²) in [4.78, 5) is 12.8. The molecule has 1 N–H and O–H groups in total. The van der Waals surface area contributed by atoms with Crippen LogP contribution < -0.4 is 14.2 Å². The van der Waals surface area contributed by atoms with Gasteiger partial charge < -0.3 is 24.1 Å². The van der Waals surface area contributed by atoms with Crippen LogP contribution in [0.1, 0.15) is 22.3 Å². The number of ether oxygens (including phenoxy) is 4. The average molecular weight is 330 g/mol. The third-order valence-electron chi connectivity index (χ3n) is 4.09. The Balaban J connectivity index is 2.22. The van der Waals surface area contributed by atoms with Crippen molar-refractivity contribution < 1.29 is 28.8 Å². The largest absolute Gasteiger partial charge is 0.504 e. The summed E-state index contributed by atoms with van der Waals surface area (Å²) >= 11 is 0. The topological polar surface area (TPSA) is 74.2 Å². The highest BCUT2D eigenvalue weighted by Gasteiger charge is 2.45. The van der Waals surface area contributed by atoms with Crippen LogP contribution in [0.4, 0.5) is 0 Å². The predicted octanol–water partition coefficient (Wildman–Crippen LogP) is 2.87. The van der Waals surface area contributed by atoms with E-state index in [-0.39, 0.29) is 40.8 Å². The number of hydrogen-bond acceptors (Lipinski definition) is 6. The monoisotopic (exact) mass is 330 g/mol. The van der Waals surface area contributed by atoms with Gasteiger partial charge in [-0.1, -0.05) is 30.3 Å². The molecule has 0 unspecified atom stereocenters. The average Bonchev–Trinajstić information content (AvgIpc) is 2.61. The zero-order valence-electron chi connectivity index (χ0n) is 13.7.